The number of aromatic nitrogens is 2. The second-order valence-corrected chi connectivity index (χ2v) is 5.94. The van der Waals surface area contributed by atoms with E-state index in [0.29, 0.717) is 22.2 Å². The van der Waals surface area contributed by atoms with Gasteiger partial charge in [0.05, 0.1) is 11.3 Å². The number of thioether (sulfide) groups is 1. The summed E-state index contributed by atoms with van der Waals surface area (Å²) in [6, 6.07) is 3.87. The highest BCUT2D eigenvalue weighted by atomic mass is 32.2. The van der Waals surface area contributed by atoms with E-state index in [4.69, 9.17) is 15.0 Å². The van der Waals surface area contributed by atoms with Crippen molar-refractivity contribution in [3.05, 3.63) is 41.4 Å². The van der Waals surface area contributed by atoms with Crippen molar-refractivity contribution in [2.24, 2.45) is 5.73 Å². The van der Waals surface area contributed by atoms with Crippen molar-refractivity contribution >= 4 is 29.7 Å². The van der Waals surface area contributed by atoms with Crippen LogP contribution >= 0.6 is 11.8 Å². The first-order valence-corrected chi connectivity index (χ1v) is 8.16. The summed E-state index contributed by atoms with van der Waals surface area (Å²) in [5.41, 5.74) is 5.77. The number of hydrogen-bond acceptors (Lipinski definition) is 8. The molecule has 0 bridgehead atoms. The molecule has 2 aromatic rings. The number of carbonyl (C=O) groups is 3. The van der Waals surface area contributed by atoms with E-state index in [1.54, 1.807) is 19.1 Å². The van der Waals surface area contributed by atoms with Gasteiger partial charge >= 0.3 is 12.0 Å². The van der Waals surface area contributed by atoms with Crippen LogP contribution in [0.25, 0.3) is 0 Å². The first-order valence-electron chi connectivity index (χ1n) is 7.18. The van der Waals surface area contributed by atoms with Crippen LogP contribution in [0.2, 0.25) is 0 Å². The molecule has 10 heteroatoms. The Morgan fingerprint density at radius 2 is 2.20 bits per heavy atom. The third kappa shape index (κ3) is 5.31. The van der Waals surface area contributed by atoms with E-state index in [1.807, 2.05) is 5.32 Å². The second-order valence-electron chi connectivity index (χ2n) is 4.97. The van der Waals surface area contributed by atoms with Crippen molar-refractivity contribution in [1.29, 1.82) is 0 Å². The molecule has 0 spiro atoms. The number of nitrogens with zero attached hydrogens (tertiary/aromatic N) is 2. The molecule has 0 aliphatic carbocycles. The van der Waals surface area contributed by atoms with Crippen LogP contribution in [-0.4, -0.2) is 34.2 Å². The Bertz CT molecular complexity index is 792. The monoisotopic (exact) mass is 364 g/mol. The van der Waals surface area contributed by atoms with Gasteiger partial charge in [-0.1, -0.05) is 16.9 Å². The molecule has 3 N–H and O–H groups in total. The third-order valence-electron chi connectivity index (χ3n) is 2.92. The minimum absolute atomic E-state index is 0.200. The van der Waals surface area contributed by atoms with Gasteiger partial charge in [-0.15, -0.1) is 0 Å². The molecular weight excluding hydrogens is 348 g/mol. The van der Waals surface area contributed by atoms with Crippen LogP contribution in [0.5, 0.6) is 0 Å². The lowest BCUT2D eigenvalue weighted by molar-refractivity contribution is -0.127. The maximum atomic E-state index is 12.3. The summed E-state index contributed by atoms with van der Waals surface area (Å²) < 4.78 is 10.0. The van der Waals surface area contributed by atoms with E-state index in [1.165, 1.54) is 30.9 Å². The van der Waals surface area contributed by atoms with E-state index in [9.17, 15) is 14.4 Å². The van der Waals surface area contributed by atoms with Crippen LogP contribution < -0.4 is 11.1 Å². The Hall–Kier alpha value is -2.88. The van der Waals surface area contributed by atoms with Gasteiger partial charge in [-0.25, -0.2) is 14.6 Å². The fraction of sp³-hybridized carbons (Fsp3) is 0.267. The molecule has 0 aliphatic rings. The lowest BCUT2D eigenvalue weighted by Crippen LogP contribution is -2.42. The van der Waals surface area contributed by atoms with Crippen LogP contribution in [0, 0.1) is 6.92 Å². The van der Waals surface area contributed by atoms with Crippen molar-refractivity contribution in [3.8, 4) is 0 Å². The van der Waals surface area contributed by atoms with Crippen LogP contribution in [0.4, 0.5) is 4.79 Å². The molecular formula is C15H16N4O5S. The fourth-order valence-corrected chi connectivity index (χ4v) is 2.65. The molecule has 9 nitrogen and oxygen atoms in total. The Balaban J connectivity index is 2.04. The highest BCUT2D eigenvalue weighted by molar-refractivity contribution is 7.98. The van der Waals surface area contributed by atoms with Crippen LogP contribution in [0.1, 0.15) is 28.7 Å². The average Bonchev–Trinajstić information content (AvgIpc) is 2.98. The van der Waals surface area contributed by atoms with E-state index in [0.717, 1.165) is 0 Å². The van der Waals surface area contributed by atoms with Gasteiger partial charge < -0.3 is 15.0 Å². The van der Waals surface area contributed by atoms with E-state index in [-0.39, 0.29) is 5.56 Å². The summed E-state index contributed by atoms with van der Waals surface area (Å²) in [4.78, 5) is 38.7. The number of primary amides is 1. The molecule has 0 fully saturated rings. The molecule has 0 radical (unpaired) electrons. The van der Waals surface area contributed by atoms with Gasteiger partial charge in [0.2, 0.25) is 0 Å². The van der Waals surface area contributed by atoms with Gasteiger partial charge in [0.1, 0.15) is 10.8 Å². The number of ether oxygens (including phenoxy) is 1. The number of urea groups is 1. The fourth-order valence-electron chi connectivity index (χ4n) is 1.79. The first kappa shape index (κ1) is 18.5. The number of imide groups is 1. The second kappa shape index (κ2) is 8.29. The SMILES string of the molecule is Cc1cc(CSc2ncccc2C(=O)O[C@H](C)C(=O)NC(N)=O)no1. The van der Waals surface area contributed by atoms with E-state index >= 15 is 0 Å². The summed E-state index contributed by atoms with van der Waals surface area (Å²) >= 11 is 1.28. The molecule has 1 atom stereocenters. The summed E-state index contributed by atoms with van der Waals surface area (Å²) in [6.07, 6.45) is 0.354. The van der Waals surface area contributed by atoms with Crippen molar-refractivity contribution in [1.82, 2.24) is 15.5 Å². The normalized spacial score (nSPS) is 11.6. The third-order valence-corrected chi connectivity index (χ3v) is 3.96. The number of carbonyl (C=O) groups excluding carboxylic acids is 3. The van der Waals surface area contributed by atoms with Crippen LogP contribution in [0.15, 0.2) is 33.9 Å². The highest BCUT2D eigenvalue weighted by Crippen LogP contribution is 2.24. The van der Waals surface area contributed by atoms with E-state index in [2.05, 4.69) is 10.1 Å². The summed E-state index contributed by atoms with van der Waals surface area (Å²) in [5, 5.41) is 6.14. The lowest BCUT2D eigenvalue weighted by atomic mass is 10.3. The Morgan fingerprint density at radius 3 is 2.84 bits per heavy atom. The number of aryl methyl sites for hydroxylation is 1. The average molecular weight is 364 g/mol. The Kier molecular flexibility index (Phi) is 6.12. The first-order chi connectivity index (χ1) is 11.9. The summed E-state index contributed by atoms with van der Waals surface area (Å²) in [5.74, 6) is -0.409. The van der Waals surface area contributed by atoms with E-state index < -0.39 is 24.0 Å². The molecule has 0 saturated carbocycles. The van der Waals surface area contributed by atoms with Gasteiger partial charge in [-0.3, -0.25) is 10.1 Å². The number of hydrogen-bond donors (Lipinski definition) is 2. The van der Waals surface area contributed by atoms with Crippen LogP contribution in [-0.2, 0) is 15.3 Å². The molecule has 2 aromatic heterocycles. The Morgan fingerprint density at radius 1 is 1.44 bits per heavy atom. The largest absolute Gasteiger partial charge is 0.449 e. The topological polar surface area (TPSA) is 137 Å². The molecule has 0 aliphatic heterocycles. The van der Waals surface area contributed by atoms with Crippen molar-refractivity contribution in [3.63, 3.8) is 0 Å². The highest BCUT2D eigenvalue weighted by Gasteiger charge is 2.22. The molecule has 0 saturated heterocycles. The van der Waals surface area contributed by atoms with Gasteiger partial charge in [0.25, 0.3) is 5.91 Å². The van der Waals surface area contributed by atoms with Crippen LogP contribution in [0.3, 0.4) is 0 Å². The minimum Gasteiger partial charge on any atom is -0.449 e. The van der Waals surface area contributed by atoms with Crippen molar-refractivity contribution in [2.45, 2.75) is 30.7 Å². The predicted molar refractivity (Wildman–Crippen MR) is 87.6 cm³/mol. The minimum atomic E-state index is -1.18. The number of esters is 1. The smallest absolute Gasteiger partial charge is 0.341 e. The maximum Gasteiger partial charge on any atom is 0.341 e. The Labute approximate surface area is 147 Å². The summed E-state index contributed by atoms with van der Waals surface area (Å²) in [7, 11) is 0. The molecule has 132 valence electrons. The predicted octanol–water partition coefficient (Wildman–Crippen LogP) is 1.41. The lowest BCUT2D eigenvalue weighted by Gasteiger charge is -2.13. The molecule has 2 rings (SSSR count). The number of rotatable bonds is 6. The molecule has 3 amide bonds. The quantitative estimate of drug-likeness (QED) is 0.580. The standard InChI is InChI=1S/C15H16N4O5S/c1-8-6-10(19-24-8)7-25-13-11(4-3-5-17-13)14(21)23-9(2)12(20)18-15(16)22/h3-6,9H,7H2,1-2H3,(H3,16,18,20,22)/t9-/m1/s1. The zero-order valence-electron chi connectivity index (χ0n) is 13.5. The van der Waals surface area contributed by atoms with Gasteiger partial charge in [-0.05, 0) is 26.0 Å². The number of nitrogens with two attached hydrogens (primary N) is 1. The number of amides is 3. The summed E-state index contributed by atoms with van der Waals surface area (Å²) in [6.45, 7) is 3.11. The zero-order valence-corrected chi connectivity index (χ0v) is 14.3. The number of nitrogens with one attached hydrogen (secondary N) is 1. The van der Waals surface area contributed by atoms with Crippen molar-refractivity contribution < 1.29 is 23.6 Å². The van der Waals surface area contributed by atoms with Gasteiger partial charge in [-0.2, -0.15) is 0 Å². The molecule has 25 heavy (non-hydrogen) atoms. The molecule has 2 heterocycles. The molecule has 0 aromatic carbocycles. The zero-order chi connectivity index (χ0) is 18.4. The number of pyridine rings is 1. The van der Waals surface area contributed by atoms with Crippen molar-refractivity contribution in [2.75, 3.05) is 0 Å². The van der Waals surface area contributed by atoms with Gasteiger partial charge in [0.15, 0.2) is 6.10 Å². The van der Waals surface area contributed by atoms with Gasteiger partial charge in [0, 0.05) is 18.0 Å². The molecule has 0 unspecified atom stereocenters. The maximum absolute atomic E-state index is 12.3.